The molecule has 1 atom stereocenters. The second-order valence-electron chi connectivity index (χ2n) is 3.86. The Labute approximate surface area is 109 Å². The van der Waals surface area contributed by atoms with Gasteiger partial charge >= 0.3 is 0 Å². The Balaban J connectivity index is 2.31. The molecule has 0 aliphatic heterocycles. The summed E-state index contributed by atoms with van der Waals surface area (Å²) in [6.07, 6.45) is 0.330. The van der Waals surface area contributed by atoms with Crippen molar-refractivity contribution < 1.29 is 5.11 Å². The van der Waals surface area contributed by atoms with E-state index in [4.69, 9.17) is 11.6 Å². The lowest BCUT2D eigenvalue weighted by Crippen LogP contribution is -2.18. The third-order valence-electron chi connectivity index (χ3n) is 2.47. The van der Waals surface area contributed by atoms with Crippen LogP contribution >= 0.6 is 22.9 Å². The maximum Gasteiger partial charge on any atom is 0.225 e. The molecule has 0 spiro atoms. The van der Waals surface area contributed by atoms with E-state index in [0.717, 1.165) is 15.1 Å². The van der Waals surface area contributed by atoms with Crippen LogP contribution in [0.3, 0.4) is 0 Å². The van der Waals surface area contributed by atoms with Crippen molar-refractivity contribution in [2.45, 2.75) is 26.4 Å². The Morgan fingerprint density at radius 2 is 2.29 bits per heavy atom. The van der Waals surface area contributed by atoms with Gasteiger partial charge in [0.2, 0.25) is 5.28 Å². The van der Waals surface area contributed by atoms with E-state index in [1.165, 1.54) is 0 Å². The quantitative estimate of drug-likeness (QED) is 0.840. The first-order valence-corrected chi connectivity index (χ1v) is 6.65. The number of aryl methyl sites for hydroxylation is 1. The molecule has 6 heteroatoms. The highest BCUT2D eigenvalue weighted by Gasteiger charge is 2.10. The first kappa shape index (κ1) is 12.5. The lowest BCUT2D eigenvalue weighted by Gasteiger charge is -2.10. The van der Waals surface area contributed by atoms with Crippen LogP contribution < -0.4 is 5.32 Å². The number of rotatable bonds is 4. The van der Waals surface area contributed by atoms with E-state index in [2.05, 4.69) is 15.3 Å². The Bertz CT molecular complexity index is 529. The second-order valence-corrected chi connectivity index (χ2v) is 5.43. The smallest absolute Gasteiger partial charge is 0.225 e. The van der Waals surface area contributed by atoms with Crippen molar-refractivity contribution in [2.24, 2.45) is 0 Å². The molecular formula is C11H14ClN3OS. The number of anilines is 1. The average Bonchev–Trinajstić information content (AvgIpc) is 2.65. The summed E-state index contributed by atoms with van der Waals surface area (Å²) in [5, 5.41) is 13.8. The van der Waals surface area contributed by atoms with Crippen molar-refractivity contribution in [2.75, 3.05) is 11.9 Å². The van der Waals surface area contributed by atoms with Crippen LogP contribution in [0.5, 0.6) is 0 Å². The van der Waals surface area contributed by atoms with Gasteiger partial charge in [0.15, 0.2) is 0 Å². The number of aliphatic hydroxyl groups is 1. The molecule has 0 aromatic carbocycles. The van der Waals surface area contributed by atoms with E-state index >= 15 is 0 Å². The Morgan fingerprint density at radius 3 is 3.00 bits per heavy atom. The van der Waals surface area contributed by atoms with Gasteiger partial charge in [0, 0.05) is 11.4 Å². The van der Waals surface area contributed by atoms with Crippen LogP contribution in [0.15, 0.2) is 6.07 Å². The molecule has 2 aromatic rings. The first-order chi connectivity index (χ1) is 8.10. The molecule has 0 radical (unpaired) electrons. The third kappa shape index (κ3) is 2.86. The predicted molar refractivity (Wildman–Crippen MR) is 71.9 cm³/mol. The summed E-state index contributed by atoms with van der Waals surface area (Å²) in [7, 11) is 0. The van der Waals surface area contributed by atoms with Crippen LogP contribution in [0, 0.1) is 6.92 Å². The van der Waals surface area contributed by atoms with E-state index in [9.17, 15) is 5.11 Å². The summed E-state index contributed by atoms with van der Waals surface area (Å²) < 4.78 is 0. The van der Waals surface area contributed by atoms with Gasteiger partial charge in [0.05, 0.1) is 11.5 Å². The molecular weight excluding hydrogens is 258 g/mol. The normalized spacial score (nSPS) is 12.9. The van der Waals surface area contributed by atoms with E-state index in [-0.39, 0.29) is 11.4 Å². The molecule has 0 saturated heterocycles. The summed E-state index contributed by atoms with van der Waals surface area (Å²) in [5.74, 6) is 0.692. The minimum atomic E-state index is -0.376. The molecule has 0 aliphatic carbocycles. The maximum atomic E-state index is 9.53. The lowest BCUT2D eigenvalue weighted by molar-refractivity contribution is 0.183. The zero-order chi connectivity index (χ0) is 12.4. The van der Waals surface area contributed by atoms with Gasteiger partial charge in [-0.05, 0) is 31.0 Å². The van der Waals surface area contributed by atoms with Crippen LogP contribution in [0.25, 0.3) is 10.2 Å². The van der Waals surface area contributed by atoms with Gasteiger partial charge in [-0.25, -0.2) is 9.97 Å². The van der Waals surface area contributed by atoms with Gasteiger partial charge in [-0.2, -0.15) is 0 Å². The average molecular weight is 272 g/mol. The number of thiophene rings is 1. The number of nitrogens with zero attached hydrogens (tertiary/aromatic N) is 2. The molecule has 2 N–H and O–H groups in total. The molecule has 2 heterocycles. The number of aliphatic hydroxyl groups excluding tert-OH is 1. The second kappa shape index (κ2) is 5.16. The minimum Gasteiger partial charge on any atom is -0.391 e. The highest BCUT2D eigenvalue weighted by molar-refractivity contribution is 7.18. The molecule has 0 fully saturated rings. The fraction of sp³-hybridized carbons (Fsp3) is 0.455. The highest BCUT2D eigenvalue weighted by atomic mass is 35.5. The van der Waals surface area contributed by atoms with Crippen molar-refractivity contribution in [3.8, 4) is 0 Å². The van der Waals surface area contributed by atoms with Gasteiger partial charge in [-0.1, -0.05) is 6.92 Å². The molecule has 2 rings (SSSR count). The van der Waals surface area contributed by atoms with E-state index in [0.29, 0.717) is 18.8 Å². The number of nitrogens with one attached hydrogen (secondary N) is 1. The monoisotopic (exact) mass is 271 g/mol. The zero-order valence-corrected chi connectivity index (χ0v) is 11.3. The number of hydrogen-bond donors (Lipinski definition) is 2. The van der Waals surface area contributed by atoms with Gasteiger partial charge < -0.3 is 10.4 Å². The summed E-state index contributed by atoms with van der Waals surface area (Å²) in [4.78, 5) is 10.4. The molecule has 17 heavy (non-hydrogen) atoms. The fourth-order valence-corrected chi connectivity index (χ4v) is 2.61. The molecule has 2 aromatic heterocycles. The summed E-state index contributed by atoms with van der Waals surface area (Å²) in [6.45, 7) is 4.42. The summed E-state index contributed by atoms with van der Waals surface area (Å²) >= 11 is 7.45. The van der Waals surface area contributed by atoms with Crippen molar-refractivity contribution >= 4 is 39.0 Å². The Kier molecular flexibility index (Phi) is 3.81. The standard InChI is InChI=1S/C11H14ClN3OS/c1-3-7(16)5-13-9-8-4-6(2)17-10(8)15-11(12)14-9/h4,7,16H,3,5H2,1-2H3,(H,13,14,15). The number of aromatic nitrogens is 2. The van der Waals surface area contributed by atoms with E-state index in [1.54, 1.807) is 11.3 Å². The van der Waals surface area contributed by atoms with Crippen LogP contribution in [0.1, 0.15) is 18.2 Å². The molecule has 92 valence electrons. The van der Waals surface area contributed by atoms with E-state index < -0.39 is 0 Å². The number of fused-ring (bicyclic) bond motifs is 1. The van der Waals surface area contributed by atoms with Crippen LogP contribution in [0.4, 0.5) is 5.82 Å². The molecule has 4 nitrogen and oxygen atoms in total. The number of halogens is 1. The number of hydrogen-bond acceptors (Lipinski definition) is 5. The SMILES string of the molecule is CCC(O)CNc1nc(Cl)nc2sc(C)cc12. The van der Waals surface area contributed by atoms with Crippen molar-refractivity contribution in [1.29, 1.82) is 0 Å². The predicted octanol–water partition coefficient (Wildman–Crippen LogP) is 2.84. The third-order valence-corrected chi connectivity index (χ3v) is 3.58. The zero-order valence-electron chi connectivity index (χ0n) is 9.70. The van der Waals surface area contributed by atoms with Gasteiger partial charge in [0.25, 0.3) is 0 Å². The topological polar surface area (TPSA) is 58.0 Å². The van der Waals surface area contributed by atoms with Crippen LogP contribution in [-0.4, -0.2) is 27.7 Å². The van der Waals surface area contributed by atoms with Crippen molar-refractivity contribution in [3.05, 3.63) is 16.2 Å². The molecule has 0 saturated carbocycles. The Hall–Kier alpha value is -0.910. The molecule has 0 aliphatic rings. The van der Waals surface area contributed by atoms with Gasteiger partial charge in [0.1, 0.15) is 10.6 Å². The Morgan fingerprint density at radius 1 is 1.53 bits per heavy atom. The minimum absolute atomic E-state index is 0.229. The van der Waals surface area contributed by atoms with Gasteiger partial charge in [-0.3, -0.25) is 0 Å². The molecule has 1 unspecified atom stereocenters. The van der Waals surface area contributed by atoms with E-state index in [1.807, 2.05) is 19.9 Å². The lowest BCUT2D eigenvalue weighted by atomic mass is 10.2. The van der Waals surface area contributed by atoms with Crippen LogP contribution in [0.2, 0.25) is 5.28 Å². The van der Waals surface area contributed by atoms with Crippen molar-refractivity contribution in [3.63, 3.8) is 0 Å². The highest BCUT2D eigenvalue weighted by Crippen LogP contribution is 2.29. The largest absolute Gasteiger partial charge is 0.391 e. The maximum absolute atomic E-state index is 9.53. The summed E-state index contributed by atoms with van der Waals surface area (Å²) in [6, 6.07) is 2.02. The molecule has 0 amide bonds. The first-order valence-electron chi connectivity index (χ1n) is 5.45. The van der Waals surface area contributed by atoms with Gasteiger partial charge in [-0.15, -0.1) is 11.3 Å². The summed E-state index contributed by atoms with van der Waals surface area (Å²) in [5.41, 5.74) is 0. The molecule has 0 bridgehead atoms. The van der Waals surface area contributed by atoms with Crippen molar-refractivity contribution in [1.82, 2.24) is 9.97 Å². The van der Waals surface area contributed by atoms with Crippen LogP contribution in [-0.2, 0) is 0 Å². The fourth-order valence-electron chi connectivity index (χ4n) is 1.51.